The average molecular weight is 985 g/mol. The monoisotopic (exact) mass is 984 g/mol. The summed E-state index contributed by atoms with van der Waals surface area (Å²) < 4.78 is 48.2. The first-order chi connectivity index (χ1) is 34.0. The van der Waals surface area contributed by atoms with Crippen LogP contribution in [-0.4, -0.2) is 161 Å². The van der Waals surface area contributed by atoms with Crippen LogP contribution in [0.2, 0.25) is 0 Å². The van der Waals surface area contributed by atoms with Crippen LogP contribution in [0.15, 0.2) is 71.0 Å². The Morgan fingerprint density at radius 2 is 1.71 bits per heavy atom. The van der Waals surface area contributed by atoms with Gasteiger partial charge in [-0.25, -0.2) is 4.39 Å². The van der Waals surface area contributed by atoms with E-state index in [0.29, 0.717) is 35.9 Å². The number of hydrogen-bond acceptors (Lipinski definition) is 14. The molecule has 19 nitrogen and oxygen atoms in total. The number of carbonyl (C=O) groups is 4. The highest BCUT2D eigenvalue weighted by atomic mass is 32.1. The summed E-state index contributed by atoms with van der Waals surface area (Å²) >= 11 is 1.65. The second kappa shape index (κ2) is 23.5. The molecule has 0 spiro atoms. The molecule has 2 N–H and O–H groups in total. The van der Waals surface area contributed by atoms with Crippen LogP contribution in [0.25, 0.3) is 21.1 Å². The molecule has 0 radical (unpaired) electrons. The van der Waals surface area contributed by atoms with Crippen LogP contribution in [-0.2, 0) is 39.1 Å². The van der Waals surface area contributed by atoms with Crippen LogP contribution in [0.1, 0.15) is 59.2 Å². The van der Waals surface area contributed by atoms with Crippen molar-refractivity contribution in [1.82, 2.24) is 49.8 Å². The molecule has 2 atom stereocenters. The van der Waals surface area contributed by atoms with Gasteiger partial charge in [-0.1, -0.05) is 0 Å². The van der Waals surface area contributed by atoms with Crippen LogP contribution < -0.4 is 20.1 Å². The van der Waals surface area contributed by atoms with Crippen LogP contribution in [0, 0.1) is 11.7 Å². The van der Waals surface area contributed by atoms with Crippen LogP contribution in [0.5, 0.6) is 11.6 Å². The summed E-state index contributed by atoms with van der Waals surface area (Å²) in [5, 5.41) is 16.4. The maximum atomic E-state index is 14.7. The van der Waals surface area contributed by atoms with Crippen LogP contribution >= 0.6 is 11.3 Å². The Morgan fingerprint density at radius 3 is 2.47 bits per heavy atom. The predicted molar refractivity (Wildman–Crippen MR) is 258 cm³/mol. The SMILES string of the molecule is CN[C@@H](C)C(=O)N[C@@H](Cn1cccn1)C(=O)N1CCN(C(=O)c2c(C(=O)N(C)CCOCCOCCOc3cc(CC4CCC(Oc5ccnc6ccsc56)CC4)on3)c3cc(F)ccc3n2C)CC1. The summed E-state index contributed by atoms with van der Waals surface area (Å²) in [6.45, 7) is 4.12. The Balaban J connectivity index is 0.754. The minimum absolute atomic E-state index is 0.0843. The molecule has 1 aliphatic carbocycles. The molecule has 374 valence electrons. The lowest BCUT2D eigenvalue weighted by molar-refractivity contribution is -0.138. The molecule has 8 rings (SSSR count). The molecule has 5 aromatic heterocycles. The minimum Gasteiger partial charge on any atom is -0.489 e. The van der Waals surface area contributed by atoms with Crippen molar-refractivity contribution < 1.29 is 47.0 Å². The number of rotatable bonds is 22. The van der Waals surface area contributed by atoms with Crippen molar-refractivity contribution in [3.05, 3.63) is 89.3 Å². The number of hydrogen-bond donors (Lipinski definition) is 2. The Hall–Kier alpha value is -6.42. The minimum atomic E-state index is -0.888. The van der Waals surface area contributed by atoms with Gasteiger partial charge in [0.05, 0.1) is 60.9 Å². The van der Waals surface area contributed by atoms with Gasteiger partial charge in [0.15, 0.2) is 0 Å². The molecule has 2 fully saturated rings. The fourth-order valence-corrected chi connectivity index (χ4v) is 9.74. The highest BCUT2D eigenvalue weighted by Crippen LogP contribution is 2.35. The Kier molecular flexibility index (Phi) is 16.8. The lowest BCUT2D eigenvalue weighted by Crippen LogP contribution is -2.58. The molecule has 0 bridgehead atoms. The summed E-state index contributed by atoms with van der Waals surface area (Å²) in [6, 6.07) is 10.2. The molecule has 1 saturated carbocycles. The first-order valence-electron chi connectivity index (χ1n) is 23.8. The number of nitrogens with zero attached hydrogens (tertiary/aromatic N) is 8. The average Bonchev–Trinajstić information content (AvgIpc) is 4.21. The number of carbonyl (C=O) groups excluding carboxylic acids is 4. The fraction of sp³-hybridized carbons (Fsp3) is 0.490. The zero-order valence-corrected chi connectivity index (χ0v) is 40.8. The van der Waals surface area contributed by atoms with Gasteiger partial charge in [-0.05, 0) is 92.5 Å². The van der Waals surface area contributed by atoms with Gasteiger partial charge in [-0.3, -0.25) is 28.8 Å². The topological polar surface area (TPSA) is 201 Å². The number of amides is 4. The predicted octanol–water partition coefficient (Wildman–Crippen LogP) is 4.55. The molecule has 1 aromatic carbocycles. The van der Waals surface area contributed by atoms with Crippen molar-refractivity contribution in [2.24, 2.45) is 13.0 Å². The van der Waals surface area contributed by atoms with E-state index in [2.05, 4.69) is 25.9 Å². The molecule has 21 heteroatoms. The quantitative estimate of drug-likeness (QED) is 0.0899. The highest BCUT2D eigenvalue weighted by Gasteiger charge is 2.35. The van der Waals surface area contributed by atoms with E-state index in [4.69, 9.17) is 23.5 Å². The second-order valence-electron chi connectivity index (χ2n) is 17.7. The van der Waals surface area contributed by atoms with E-state index in [0.717, 1.165) is 53.8 Å². The van der Waals surface area contributed by atoms with Gasteiger partial charge in [0.2, 0.25) is 11.8 Å². The molecule has 0 unspecified atom stereocenters. The number of aryl methyl sites for hydroxylation is 1. The standard InChI is InChI=1S/C49H61FN10O9S/c1-32(51-2)46(61)54-39(31-60-16-5-14-53-60)47(62)58-17-19-59(20-18-58)49(64)44-43(37-29-34(50)8-11-40(37)57(44)4)48(63)56(3)21-22-65-23-24-66-25-26-67-42-30-36(69-55-42)28-33-6-9-35(10-7-33)68-41-12-15-52-38-13-27-70-45(38)41/h5,8,11-16,27,29-30,32-33,35,39,51H,6-7,9-10,17-26,28,31H2,1-4H3,(H,54,61)/t32-,33?,35?,39-/m0/s1. The summed E-state index contributed by atoms with van der Waals surface area (Å²) in [4.78, 5) is 64.2. The van der Waals surface area contributed by atoms with Gasteiger partial charge in [0.1, 0.15) is 35.7 Å². The van der Waals surface area contributed by atoms with E-state index in [1.165, 1.54) is 17.0 Å². The van der Waals surface area contributed by atoms with Crippen molar-refractivity contribution in [1.29, 1.82) is 0 Å². The van der Waals surface area contributed by atoms with Crippen molar-refractivity contribution in [2.75, 3.05) is 79.9 Å². The molecular formula is C49H61FN10O9S. The van der Waals surface area contributed by atoms with Crippen molar-refractivity contribution >= 4 is 56.1 Å². The van der Waals surface area contributed by atoms with Crippen molar-refractivity contribution in [3.63, 3.8) is 0 Å². The van der Waals surface area contributed by atoms with Crippen molar-refractivity contribution in [3.8, 4) is 11.6 Å². The van der Waals surface area contributed by atoms with Crippen LogP contribution in [0.4, 0.5) is 4.39 Å². The zero-order valence-electron chi connectivity index (χ0n) is 40.0. The fourth-order valence-electron chi connectivity index (χ4n) is 8.93. The van der Waals surface area contributed by atoms with E-state index in [9.17, 15) is 23.6 Å². The van der Waals surface area contributed by atoms with Crippen molar-refractivity contribution in [2.45, 2.75) is 63.8 Å². The Labute approximate surface area is 409 Å². The van der Waals surface area contributed by atoms with Crippen LogP contribution in [0.3, 0.4) is 0 Å². The van der Waals surface area contributed by atoms with E-state index in [1.807, 2.05) is 23.6 Å². The molecule has 4 amide bonds. The molecule has 1 aliphatic heterocycles. The van der Waals surface area contributed by atoms with E-state index >= 15 is 0 Å². The Morgan fingerprint density at radius 1 is 0.957 bits per heavy atom. The number of pyridine rings is 1. The molecule has 6 aromatic rings. The smallest absolute Gasteiger partial charge is 0.271 e. The third kappa shape index (κ3) is 12.1. The number of nitrogens with one attached hydrogen (secondary N) is 2. The number of fused-ring (bicyclic) bond motifs is 2. The number of piperazine rings is 1. The maximum Gasteiger partial charge on any atom is 0.271 e. The van der Waals surface area contributed by atoms with Gasteiger partial charge in [-0.15, -0.1) is 11.3 Å². The van der Waals surface area contributed by atoms with Gasteiger partial charge in [0.25, 0.3) is 17.7 Å². The third-order valence-electron chi connectivity index (χ3n) is 13.0. The molecule has 1 saturated heterocycles. The molecule has 70 heavy (non-hydrogen) atoms. The van der Waals surface area contributed by atoms with E-state index in [-0.39, 0.29) is 88.3 Å². The number of thiophene rings is 1. The molecule has 2 aliphatic rings. The maximum absolute atomic E-state index is 14.7. The third-order valence-corrected chi connectivity index (χ3v) is 13.9. The summed E-state index contributed by atoms with van der Waals surface area (Å²) in [7, 11) is 4.94. The van der Waals surface area contributed by atoms with E-state index < -0.39 is 29.7 Å². The Bertz CT molecular complexity index is 2710. The first kappa shape index (κ1) is 50.0. The zero-order chi connectivity index (χ0) is 49.1. The van der Waals surface area contributed by atoms with Gasteiger partial charge < -0.3 is 53.4 Å². The lowest BCUT2D eigenvalue weighted by Gasteiger charge is -2.37. The van der Waals surface area contributed by atoms with Gasteiger partial charge in [-0.2, -0.15) is 5.10 Å². The van der Waals surface area contributed by atoms with Gasteiger partial charge in [0, 0.05) is 88.8 Å². The first-order valence-corrected chi connectivity index (χ1v) is 24.6. The number of ether oxygens (including phenoxy) is 4. The number of benzene rings is 1. The summed E-state index contributed by atoms with van der Waals surface area (Å²) in [5.41, 5.74) is 1.69. The molecular weight excluding hydrogens is 924 g/mol. The van der Waals surface area contributed by atoms with Gasteiger partial charge >= 0.3 is 0 Å². The summed E-state index contributed by atoms with van der Waals surface area (Å²) in [5.74, 6) is 0.548. The summed E-state index contributed by atoms with van der Waals surface area (Å²) in [6.07, 6.45) is 10.1. The highest BCUT2D eigenvalue weighted by molar-refractivity contribution is 7.17. The second-order valence-corrected chi connectivity index (χ2v) is 18.6. The lowest BCUT2D eigenvalue weighted by atomic mass is 9.84. The molecule has 6 heterocycles. The largest absolute Gasteiger partial charge is 0.489 e. The number of aromatic nitrogens is 5. The normalized spacial score (nSPS) is 17.2. The number of halogens is 1. The van der Waals surface area contributed by atoms with E-state index in [1.54, 1.807) is 89.2 Å². The number of likely N-dealkylation sites (N-methyl/N-ethyl adjacent to an activating group) is 2.